The molecule has 0 aliphatic carbocycles. The van der Waals surface area contributed by atoms with Gasteiger partial charge in [-0.05, 0) is 12.5 Å². The van der Waals surface area contributed by atoms with E-state index in [1.165, 1.54) is 14.2 Å². The molecule has 126 valence electrons. The van der Waals surface area contributed by atoms with Gasteiger partial charge in [-0.3, -0.25) is 9.59 Å². The first-order valence-corrected chi connectivity index (χ1v) is 6.97. The second-order valence-corrected chi connectivity index (χ2v) is 4.82. The van der Waals surface area contributed by atoms with E-state index in [4.69, 9.17) is 9.47 Å². The van der Waals surface area contributed by atoms with Crippen molar-refractivity contribution in [2.75, 3.05) is 14.2 Å². The van der Waals surface area contributed by atoms with E-state index in [9.17, 15) is 14.4 Å². The van der Waals surface area contributed by atoms with Gasteiger partial charge in [-0.1, -0.05) is 29.8 Å². The summed E-state index contributed by atoms with van der Waals surface area (Å²) in [4.78, 5) is 34.2. The SMILES string of the molecule is COC(=O)CC(CC(=O)OC)OC(=O)OCc1ccc(C)cc1. The molecule has 0 amide bonds. The van der Waals surface area contributed by atoms with Gasteiger partial charge in [-0.2, -0.15) is 0 Å². The van der Waals surface area contributed by atoms with Gasteiger partial charge in [0.05, 0.1) is 27.1 Å². The van der Waals surface area contributed by atoms with Crippen LogP contribution in [0.3, 0.4) is 0 Å². The van der Waals surface area contributed by atoms with E-state index in [1.807, 2.05) is 31.2 Å². The molecule has 1 rings (SSSR count). The molecule has 1 aromatic carbocycles. The Morgan fingerprint density at radius 1 is 0.957 bits per heavy atom. The monoisotopic (exact) mass is 324 g/mol. The highest BCUT2D eigenvalue weighted by atomic mass is 16.7. The Kier molecular flexibility index (Phi) is 7.59. The molecule has 0 unspecified atom stereocenters. The molecule has 0 aliphatic rings. The van der Waals surface area contributed by atoms with Gasteiger partial charge in [-0.25, -0.2) is 4.79 Å². The van der Waals surface area contributed by atoms with Gasteiger partial charge in [0.25, 0.3) is 0 Å². The third-order valence-corrected chi connectivity index (χ3v) is 2.98. The molecule has 0 saturated carbocycles. The van der Waals surface area contributed by atoms with Crippen molar-refractivity contribution in [2.45, 2.75) is 32.5 Å². The summed E-state index contributed by atoms with van der Waals surface area (Å²) in [7, 11) is 2.40. The van der Waals surface area contributed by atoms with E-state index in [2.05, 4.69) is 9.47 Å². The molecule has 0 heterocycles. The smallest absolute Gasteiger partial charge is 0.469 e. The summed E-state index contributed by atoms with van der Waals surface area (Å²) in [5.74, 6) is -1.21. The lowest BCUT2D eigenvalue weighted by Crippen LogP contribution is -2.26. The zero-order valence-electron chi connectivity index (χ0n) is 13.4. The second-order valence-electron chi connectivity index (χ2n) is 4.82. The van der Waals surface area contributed by atoms with Gasteiger partial charge in [0, 0.05) is 0 Å². The molecule has 0 atom stereocenters. The van der Waals surface area contributed by atoms with Crippen LogP contribution in [-0.4, -0.2) is 38.4 Å². The van der Waals surface area contributed by atoms with Crippen LogP contribution in [0.25, 0.3) is 0 Å². The highest BCUT2D eigenvalue weighted by molar-refractivity contribution is 5.74. The van der Waals surface area contributed by atoms with E-state index in [1.54, 1.807) is 0 Å². The summed E-state index contributed by atoms with van der Waals surface area (Å²) in [5, 5.41) is 0. The number of hydrogen-bond acceptors (Lipinski definition) is 7. The maximum Gasteiger partial charge on any atom is 0.508 e. The van der Waals surface area contributed by atoms with E-state index in [-0.39, 0.29) is 19.4 Å². The van der Waals surface area contributed by atoms with E-state index < -0.39 is 24.2 Å². The van der Waals surface area contributed by atoms with Crippen molar-refractivity contribution in [1.29, 1.82) is 0 Å². The number of methoxy groups -OCH3 is 2. The maximum absolute atomic E-state index is 11.7. The van der Waals surface area contributed by atoms with Crippen LogP contribution in [0.5, 0.6) is 0 Å². The Labute approximate surface area is 134 Å². The predicted molar refractivity (Wildman–Crippen MR) is 79.5 cm³/mol. The minimum atomic E-state index is -1.000. The molecule has 0 aliphatic heterocycles. The topological polar surface area (TPSA) is 88.1 Å². The van der Waals surface area contributed by atoms with Crippen LogP contribution in [0.1, 0.15) is 24.0 Å². The Morgan fingerprint density at radius 2 is 1.48 bits per heavy atom. The second kappa shape index (κ2) is 9.45. The summed E-state index contributed by atoms with van der Waals surface area (Å²) >= 11 is 0. The number of aryl methyl sites for hydroxylation is 1. The standard InChI is InChI=1S/C16H20O7/c1-11-4-6-12(7-5-11)10-22-16(19)23-13(8-14(17)20-2)9-15(18)21-3/h4-7,13H,8-10H2,1-3H3. The molecule has 7 heteroatoms. The van der Waals surface area contributed by atoms with Gasteiger partial charge in [0.15, 0.2) is 0 Å². The van der Waals surface area contributed by atoms with Gasteiger partial charge in [-0.15, -0.1) is 0 Å². The quantitative estimate of drug-likeness (QED) is 0.561. The first kappa shape index (κ1) is 18.5. The van der Waals surface area contributed by atoms with Gasteiger partial charge in [0.1, 0.15) is 12.7 Å². The third kappa shape index (κ3) is 7.30. The molecule has 0 saturated heterocycles. The zero-order chi connectivity index (χ0) is 17.2. The van der Waals surface area contributed by atoms with Gasteiger partial charge in [0.2, 0.25) is 0 Å². The van der Waals surface area contributed by atoms with Crippen molar-refractivity contribution in [2.24, 2.45) is 0 Å². The highest BCUT2D eigenvalue weighted by Gasteiger charge is 2.23. The Morgan fingerprint density at radius 3 is 1.96 bits per heavy atom. The number of ether oxygens (including phenoxy) is 4. The van der Waals surface area contributed by atoms with Crippen LogP contribution < -0.4 is 0 Å². The lowest BCUT2D eigenvalue weighted by molar-refractivity contribution is -0.147. The number of esters is 2. The fraction of sp³-hybridized carbons (Fsp3) is 0.438. The molecule has 1 aromatic rings. The molecule has 0 spiro atoms. The normalized spacial score (nSPS) is 10.1. The van der Waals surface area contributed by atoms with E-state index in [0.717, 1.165) is 11.1 Å². The van der Waals surface area contributed by atoms with Crippen LogP contribution >= 0.6 is 0 Å². The molecule has 0 radical (unpaired) electrons. The van der Waals surface area contributed by atoms with Crippen LogP contribution in [0, 0.1) is 6.92 Å². The first-order chi connectivity index (χ1) is 10.9. The fourth-order valence-electron chi connectivity index (χ4n) is 1.69. The number of hydrogen-bond donors (Lipinski definition) is 0. The lowest BCUT2D eigenvalue weighted by atomic mass is 10.2. The van der Waals surface area contributed by atoms with Crippen molar-refractivity contribution < 1.29 is 33.3 Å². The molecule has 0 aromatic heterocycles. The van der Waals surface area contributed by atoms with Crippen molar-refractivity contribution in [1.82, 2.24) is 0 Å². The largest absolute Gasteiger partial charge is 0.508 e. The Balaban J connectivity index is 2.52. The molecular formula is C16H20O7. The molecule has 0 fully saturated rings. The number of carbonyl (C=O) groups excluding carboxylic acids is 3. The van der Waals surface area contributed by atoms with Crippen LogP contribution in [-0.2, 0) is 35.1 Å². The number of benzene rings is 1. The molecule has 7 nitrogen and oxygen atoms in total. The minimum Gasteiger partial charge on any atom is -0.469 e. The number of rotatable bonds is 7. The van der Waals surface area contributed by atoms with Crippen molar-refractivity contribution in [3.05, 3.63) is 35.4 Å². The van der Waals surface area contributed by atoms with E-state index in [0.29, 0.717) is 0 Å². The summed E-state index contributed by atoms with van der Waals surface area (Å²) in [6.45, 7) is 1.98. The Bertz CT molecular complexity index is 518. The summed E-state index contributed by atoms with van der Waals surface area (Å²) in [6, 6.07) is 7.43. The molecular weight excluding hydrogens is 304 g/mol. The first-order valence-electron chi connectivity index (χ1n) is 6.97. The highest BCUT2D eigenvalue weighted by Crippen LogP contribution is 2.10. The average Bonchev–Trinajstić information content (AvgIpc) is 2.53. The summed E-state index contributed by atoms with van der Waals surface area (Å²) < 4.78 is 18.9. The molecule has 0 bridgehead atoms. The van der Waals surface area contributed by atoms with Gasteiger partial charge >= 0.3 is 18.1 Å². The van der Waals surface area contributed by atoms with Crippen LogP contribution in [0.15, 0.2) is 24.3 Å². The summed E-state index contributed by atoms with van der Waals surface area (Å²) in [6.07, 6.45) is -2.49. The van der Waals surface area contributed by atoms with Crippen molar-refractivity contribution >= 4 is 18.1 Å². The van der Waals surface area contributed by atoms with Crippen LogP contribution in [0.4, 0.5) is 4.79 Å². The van der Waals surface area contributed by atoms with Crippen LogP contribution in [0.2, 0.25) is 0 Å². The van der Waals surface area contributed by atoms with E-state index >= 15 is 0 Å². The third-order valence-electron chi connectivity index (χ3n) is 2.98. The number of carbonyl (C=O) groups is 3. The molecule has 23 heavy (non-hydrogen) atoms. The lowest BCUT2D eigenvalue weighted by Gasteiger charge is -2.15. The van der Waals surface area contributed by atoms with Crippen molar-refractivity contribution in [3.8, 4) is 0 Å². The molecule has 0 N–H and O–H groups in total. The maximum atomic E-state index is 11.7. The zero-order valence-corrected chi connectivity index (χ0v) is 13.4. The van der Waals surface area contributed by atoms with Gasteiger partial charge < -0.3 is 18.9 Å². The minimum absolute atomic E-state index is 0.0300. The Hall–Kier alpha value is -2.57. The average molecular weight is 324 g/mol. The van der Waals surface area contributed by atoms with Crippen molar-refractivity contribution in [3.63, 3.8) is 0 Å². The predicted octanol–water partition coefficient (Wildman–Crippen LogP) is 2.14. The fourth-order valence-corrected chi connectivity index (χ4v) is 1.69. The summed E-state index contributed by atoms with van der Waals surface area (Å²) in [5.41, 5.74) is 1.89.